The van der Waals surface area contributed by atoms with Crippen LogP contribution in [-0.2, 0) is 10.9 Å². The number of hydrogen-bond acceptors (Lipinski definition) is 8. The number of nitrogens with one attached hydrogen (secondary N) is 2. The molecule has 0 aliphatic heterocycles. The third-order valence-corrected chi connectivity index (χ3v) is 6.94. The number of aliphatic hydroxyl groups is 1. The fourth-order valence-corrected chi connectivity index (χ4v) is 4.70. The first-order chi connectivity index (χ1) is 16.6. The van der Waals surface area contributed by atoms with Gasteiger partial charge in [0.05, 0.1) is 24.1 Å². The number of rotatable bonds is 8. The Kier molecular flexibility index (Phi) is 7.18. The summed E-state index contributed by atoms with van der Waals surface area (Å²) in [5.74, 6) is 2.03. The van der Waals surface area contributed by atoms with Crippen LogP contribution in [0.25, 0.3) is 22.3 Å². The van der Waals surface area contributed by atoms with Crippen molar-refractivity contribution in [2.75, 3.05) is 37.5 Å². The number of furan rings is 1. The topological polar surface area (TPSA) is 105 Å². The Morgan fingerprint density at radius 3 is 2.63 bits per heavy atom. The summed E-state index contributed by atoms with van der Waals surface area (Å²) in [6, 6.07) is 2.57. The number of pyridine rings is 1. The number of aryl methyl sites for hydroxylation is 1. The van der Waals surface area contributed by atoms with E-state index in [1.54, 1.807) is 20.1 Å². The summed E-state index contributed by atoms with van der Waals surface area (Å²) in [7, 11) is 1.60. The van der Waals surface area contributed by atoms with Crippen molar-refractivity contribution in [1.29, 1.82) is 0 Å². The molecular weight excluding hydrogens is 463 g/mol. The van der Waals surface area contributed by atoms with Crippen molar-refractivity contribution in [3.63, 3.8) is 0 Å². The predicted octanol–water partition coefficient (Wildman–Crippen LogP) is 4.74. The Balaban J connectivity index is 1.75. The number of aliphatic hydroxyl groups excluding tert-OH is 1. The van der Waals surface area contributed by atoms with Crippen LogP contribution >= 0.6 is 0 Å². The Hall–Kier alpha value is -2.92. The van der Waals surface area contributed by atoms with Crippen molar-refractivity contribution >= 4 is 22.7 Å². The maximum absolute atomic E-state index is 13.1. The highest BCUT2D eigenvalue weighted by atomic mass is 19.4. The molecule has 8 nitrogen and oxygen atoms in total. The Morgan fingerprint density at radius 2 is 1.97 bits per heavy atom. The number of ether oxygens (including phenoxy) is 1. The minimum Gasteiger partial charge on any atom is -0.454 e. The van der Waals surface area contributed by atoms with Gasteiger partial charge in [0, 0.05) is 31.7 Å². The number of methoxy groups -OCH3 is 1. The maximum Gasteiger partial charge on any atom is 0.433 e. The number of nitrogens with zero attached hydrogens (tertiary/aromatic N) is 3. The van der Waals surface area contributed by atoms with E-state index in [1.807, 2.05) is 0 Å². The highest BCUT2D eigenvalue weighted by Crippen LogP contribution is 2.41. The van der Waals surface area contributed by atoms with Crippen molar-refractivity contribution in [2.24, 2.45) is 17.8 Å². The molecule has 3 aromatic rings. The van der Waals surface area contributed by atoms with Crippen molar-refractivity contribution in [1.82, 2.24) is 15.0 Å². The first kappa shape index (κ1) is 25.2. The van der Waals surface area contributed by atoms with Crippen molar-refractivity contribution in [3.8, 4) is 11.3 Å². The molecule has 4 rings (SSSR count). The quantitative estimate of drug-likeness (QED) is 0.387. The smallest absolute Gasteiger partial charge is 0.433 e. The highest BCUT2D eigenvalue weighted by molar-refractivity contribution is 5.86. The lowest BCUT2D eigenvalue weighted by atomic mass is 9.92. The van der Waals surface area contributed by atoms with E-state index in [4.69, 9.17) is 9.15 Å². The van der Waals surface area contributed by atoms with E-state index in [1.165, 1.54) is 0 Å². The molecule has 3 aromatic heterocycles. The lowest BCUT2D eigenvalue weighted by Gasteiger charge is -2.22. The molecule has 3 N–H and O–H groups in total. The standard InChI is InChI=1S/C24H30F3N5O3/c1-12-13(2)17(7-16(12)11-33)31-22-21(14(3)30-23(32-22)28-5-6-34-4)18-8-15-9-20(24(25,26)27)29-10-19(15)35-18/h8-10,12-13,16-17,33H,5-7,11H2,1-4H3,(H2,28,30,31,32)/t12-,13+,16+,17+/m0/s1. The first-order valence-electron chi connectivity index (χ1n) is 11.6. The molecule has 1 aliphatic carbocycles. The summed E-state index contributed by atoms with van der Waals surface area (Å²) in [5, 5.41) is 16.7. The molecule has 0 amide bonds. The molecule has 0 unspecified atom stereocenters. The van der Waals surface area contributed by atoms with Crippen LogP contribution in [0.4, 0.5) is 24.9 Å². The zero-order valence-corrected chi connectivity index (χ0v) is 20.1. The second-order valence-corrected chi connectivity index (χ2v) is 9.14. The van der Waals surface area contributed by atoms with E-state index >= 15 is 0 Å². The number of aromatic nitrogens is 3. The highest BCUT2D eigenvalue weighted by Gasteiger charge is 2.38. The van der Waals surface area contributed by atoms with E-state index in [2.05, 4.69) is 39.4 Å². The summed E-state index contributed by atoms with van der Waals surface area (Å²) >= 11 is 0. The minimum atomic E-state index is -4.55. The van der Waals surface area contributed by atoms with Crippen molar-refractivity contribution < 1.29 is 27.4 Å². The van der Waals surface area contributed by atoms with E-state index in [9.17, 15) is 18.3 Å². The molecule has 0 bridgehead atoms. The van der Waals surface area contributed by atoms with Crippen LogP contribution in [0.15, 0.2) is 22.7 Å². The van der Waals surface area contributed by atoms with Gasteiger partial charge in [-0.1, -0.05) is 13.8 Å². The molecular formula is C24H30F3N5O3. The van der Waals surface area contributed by atoms with Crippen LogP contribution in [0.5, 0.6) is 0 Å². The van der Waals surface area contributed by atoms with Crippen LogP contribution in [-0.4, -0.2) is 53.0 Å². The molecule has 1 fully saturated rings. The number of halogens is 3. The molecule has 4 atom stereocenters. The minimum absolute atomic E-state index is 0.0462. The van der Waals surface area contributed by atoms with Crippen molar-refractivity contribution in [2.45, 2.75) is 39.4 Å². The van der Waals surface area contributed by atoms with Gasteiger partial charge in [-0.25, -0.2) is 9.97 Å². The third-order valence-electron chi connectivity index (χ3n) is 6.94. The molecule has 0 aromatic carbocycles. The maximum atomic E-state index is 13.1. The largest absolute Gasteiger partial charge is 0.454 e. The average molecular weight is 494 g/mol. The van der Waals surface area contributed by atoms with Crippen LogP contribution in [0.2, 0.25) is 0 Å². The zero-order chi connectivity index (χ0) is 25.3. The summed E-state index contributed by atoms with van der Waals surface area (Å²) in [6.45, 7) is 7.15. The Morgan fingerprint density at radius 1 is 1.20 bits per heavy atom. The second kappa shape index (κ2) is 9.98. The first-order valence-corrected chi connectivity index (χ1v) is 11.6. The molecule has 3 heterocycles. The number of alkyl halides is 3. The van der Waals surface area contributed by atoms with E-state index < -0.39 is 11.9 Å². The zero-order valence-electron chi connectivity index (χ0n) is 20.1. The van der Waals surface area contributed by atoms with Gasteiger partial charge < -0.3 is 24.9 Å². The van der Waals surface area contributed by atoms with E-state index in [0.717, 1.165) is 18.7 Å². The van der Waals surface area contributed by atoms with Gasteiger partial charge in [-0.3, -0.25) is 0 Å². The third kappa shape index (κ3) is 5.20. The van der Waals surface area contributed by atoms with Crippen LogP contribution in [0.1, 0.15) is 31.7 Å². The number of anilines is 2. The molecule has 1 saturated carbocycles. The molecule has 190 valence electrons. The van der Waals surface area contributed by atoms with Crippen molar-refractivity contribution in [3.05, 3.63) is 29.7 Å². The molecule has 11 heteroatoms. The number of fused-ring (bicyclic) bond motifs is 1. The Labute approximate surface area is 201 Å². The Bertz CT molecular complexity index is 1180. The van der Waals surface area contributed by atoms with Gasteiger partial charge in [-0.15, -0.1) is 0 Å². The van der Waals surface area contributed by atoms with Gasteiger partial charge in [-0.2, -0.15) is 18.2 Å². The summed E-state index contributed by atoms with van der Waals surface area (Å²) in [5.41, 5.74) is 0.427. The fraction of sp³-hybridized carbons (Fsp3) is 0.542. The molecule has 0 radical (unpaired) electrons. The molecule has 35 heavy (non-hydrogen) atoms. The van der Waals surface area contributed by atoms with Gasteiger partial charge in [0.2, 0.25) is 5.95 Å². The average Bonchev–Trinajstić information content (AvgIpc) is 3.34. The second-order valence-electron chi connectivity index (χ2n) is 9.14. The predicted molar refractivity (Wildman–Crippen MR) is 126 cm³/mol. The molecule has 0 spiro atoms. The van der Waals surface area contributed by atoms with Gasteiger partial charge in [0.1, 0.15) is 17.3 Å². The van der Waals surface area contributed by atoms with Gasteiger partial charge in [-0.05, 0) is 43.2 Å². The number of hydrogen-bond donors (Lipinski definition) is 3. The summed E-state index contributed by atoms with van der Waals surface area (Å²) in [4.78, 5) is 12.7. The van der Waals surface area contributed by atoms with Gasteiger partial charge >= 0.3 is 6.18 Å². The van der Waals surface area contributed by atoms with Crippen LogP contribution in [0.3, 0.4) is 0 Å². The van der Waals surface area contributed by atoms with Crippen LogP contribution in [0, 0.1) is 24.7 Å². The SMILES string of the molecule is COCCNc1nc(C)c(-c2cc3cc(C(F)(F)F)ncc3o2)c(N[C@@H]2C[C@H](CO)[C@@H](C)[C@H]2C)n1. The van der Waals surface area contributed by atoms with E-state index in [-0.39, 0.29) is 35.5 Å². The lowest BCUT2D eigenvalue weighted by molar-refractivity contribution is -0.141. The monoisotopic (exact) mass is 493 g/mol. The lowest BCUT2D eigenvalue weighted by Crippen LogP contribution is -2.25. The van der Waals surface area contributed by atoms with E-state index in [0.29, 0.717) is 47.9 Å². The fourth-order valence-electron chi connectivity index (χ4n) is 4.70. The summed E-state index contributed by atoms with van der Waals surface area (Å²) in [6.07, 6.45) is -2.70. The van der Waals surface area contributed by atoms with Crippen LogP contribution < -0.4 is 10.6 Å². The molecule has 0 saturated heterocycles. The molecule has 1 aliphatic rings. The van der Waals surface area contributed by atoms with Gasteiger partial charge in [0.15, 0.2) is 5.58 Å². The van der Waals surface area contributed by atoms with Gasteiger partial charge in [0.25, 0.3) is 0 Å². The summed E-state index contributed by atoms with van der Waals surface area (Å²) < 4.78 is 50.4. The normalized spacial score (nSPS) is 22.6.